The number of aryl methyl sites for hydroxylation is 1. The van der Waals surface area contributed by atoms with Gasteiger partial charge in [-0.25, -0.2) is 0 Å². The lowest BCUT2D eigenvalue weighted by Crippen LogP contribution is -2.49. The highest BCUT2D eigenvalue weighted by Crippen LogP contribution is 2.33. The molecule has 5 heteroatoms. The zero-order valence-electron chi connectivity index (χ0n) is 12.9. The maximum absolute atomic E-state index is 12.6. The van der Waals surface area contributed by atoms with Crippen LogP contribution >= 0.6 is 23.2 Å². The zero-order chi connectivity index (χ0) is 16.4. The van der Waals surface area contributed by atoms with Gasteiger partial charge in [-0.1, -0.05) is 47.5 Å². The first-order valence-electron chi connectivity index (χ1n) is 7.62. The number of halogens is 2. The summed E-state index contributed by atoms with van der Waals surface area (Å²) in [6, 6.07) is 13.4. The van der Waals surface area contributed by atoms with Crippen LogP contribution in [0.15, 0.2) is 42.5 Å². The second-order valence-electron chi connectivity index (χ2n) is 5.67. The molecule has 23 heavy (non-hydrogen) atoms. The van der Waals surface area contributed by atoms with Gasteiger partial charge in [-0.3, -0.25) is 4.79 Å². The molecule has 0 N–H and O–H groups in total. The predicted molar refractivity (Wildman–Crippen MR) is 95.8 cm³/mol. The van der Waals surface area contributed by atoms with Crippen molar-refractivity contribution in [2.24, 2.45) is 0 Å². The van der Waals surface area contributed by atoms with Crippen LogP contribution in [0.5, 0.6) is 0 Å². The monoisotopic (exact) mass is 348 g/mol. The third-order valence-electron chi connectivity index (χ3n) is 4.21. The largest absolute Gasteiger partial charge is 0.367 e. The highest BCUT2D eigenvalue weighted by molar-refractivity contribution is 6.43. The predicted octanol–water partition coefficient (Wildman–Crippen LogP) is 4.26. The van der Waals surface area contributed by atoms with Crippen molar-refractivity contribution in [3.05, 3.63) is 63.6 Å². The van der Waals surface area contributed by atoms with Gasteiger partial charge in [0, 0.05) is 31.7 Å². The normalized spacial score (nSPS) is 14.9. The van der Waals surface area contributed by atoms with E-state index in [1.165, 1.54) is 0 Å². The fraction of sp³-hybridized carbons (Fsp3) is 0.278. The van der Waals surface area contributed by atoms with Crippen molar-refractivity contribution >= 4 is 34.8 Å². The first-order valence-corrected chi connectivity index (χ1v) is 8.37. The van der Waals surface area contributed by atoms with Crippen molar-refractivity contribution in [2.75, 3.05) is 31.1 Å². The third kappa shape index (κ3) is 3.31. The molecule has 1 heterocycles. The molecule has 1 aliphatic rings. The van der Waals surface area contributed by atoms with Crippen LogP contribution in [-0.4, -0.2) is 37.0 Å². The fourth-order valence-electron chi connectivity index (χ4n) is 2.87. The fourth-order valence-corrected chi connectivity index (χ4v) is 3.29. The highest BCUT2D eigenvalue weighted by atomic mass is 35.5. The molecule has 0 spiro atoms. The number of benzene rings is 2. The lowest BCUT2D eigenvalue weighted by Gasteiger charge is -2.36. The Balaban J connectivity index is 1.70. The summed E-state index contributed by atoms with van der Waals surface area (Å²) in [7, 11) is 0. The van der Waals surface area contributed by atoms with E-state index in [-0.39, 0.29) is 5.91 Å². The summed E-state index contributed by atoms with van der Waals surface area (Å²) in [5, 5.41) is 1.13. The number of rotatable bonds is 2. The summed E-state index contributed by atoms with van der Waals surface area (Å²) in [6.07, 6.45) is 0. The average Bonchev–Trinajstić information content (AvgIpc) is 2.57. The van der Waals surface area contributed by atoms with Gasteiger partial charge in [0.05, 0.1) is 15.7 Å². The van der Waals surface area contributed by atoms with E-state index in [1.807, 2.05) is 48.2 Å². The lowest BCUT2D eigenvalue weighted by molar-refractivity contribution is 0.0746. The maximum Gasteiger partial charge on any atom is 0.254 e. The van der Waals surface area contributed by atoms with Crippen LogP contribution in [0.4, 0.5) is 5.69 Å². The third-order valence-corrected chi connectivity index (χ3v) is 5.02. The number of hydrogen-bond acceptors (Lipinski definition) is 2. The maximum atomic E-state index is 12.6. The van der Waals surface area contributed by atoms with Crippen LogP contribution < -0.4 is 4.90 Å². The number of nitrogens with zero attached hydrogens (tertiary/aromatic N) is 2. The van der Waals surface area contributed by atoms with Gasteiger partial charge in [0.1, 0.15) is 0 Å². The zero-order valence-corrected chi connectivity index (χ0v) is 14.4. The molecule has 2 aromatic rings. The standard InChI is InChI=1S/C18H18Cl2N2O/c1-13-5-2-3-6-14(13)18(23)22-11-9-21(10-12-22)16-8-4-7-15(19)17(16)20/h2-8H,9-12H2,1H3. The van der Waals surface area contributed by atoms with E-state index in [9.17, 15) is 4.79 Å². The Labute approximate surface area is 146 Å². The molecule has 0 aromatic heterocycles. The van der Waals surface area contributed by atoms with Gasteiger partial charge in [-0.05, 0) is 30.7 Å². The van der Waals surface area contributed by atoms with Crippen LogP contribution in [0.3, 0.4) is 0 Å². The second-order valence-corrected chi connectivity index (χ2v) is 6.45. The topological polar surface area (TPSA) is 23.6 Å². The van der Waals surface area contributed by atoms with Gasteiger partial charge in [-0.2, -0.15) is 0 Å². The number of carbonyl (C=O) groups excluding carboxylic acids is 1. The van der Waals surface area contributed by atoms with E-state index in [0.29, 0.717) is 23.1 Å². The molecule has 1 amide bonds. The van der Waals surface area contributed by atoms with Gasteiger partial charge < -0.3 is 9.80 Å². The molecule has 1 saturated heterocycles. The minimum Gasteiger partial charge on any atom is -0.367 e. The molecular formula is C18H18Cl2N2O. The van der Waals surface area contributed by atoms with Gasteiger partial charge in [-0.15, -0.1) is 0 Å². The smallest absolute Gasteiger partial charge is 0.254 e. The Morgan fingerprint density at radius 2 is 1.65 bits per heavy atom. The van der Waals surface area contributed by atoms with E-state index in [2.05, 4.69) is 4.90 Å². The summed E-state index contributed by atoms with van der Waals surface area (Å²) in [5.41, 5.74) is 2.72. The molecular weight excluding hydrogens is 331 g/mol. The highest BCUT2D eigenvalue weighted by Gasteiger charge is 2.24. The van der Waals surface area contributed by atoms with Gasteiger partial charge in [0.2, 0.25) is 0 Å². The van der Waals surface area contributed by atoms with E-state index in [0.717, 1.165) is 29.9 Å². The first-order chi connectivity index (χ1) is 11.1. The molecule has 3 rings (SSSR count). The van der Waals surface area contributed by atoms with Crippen LogP contribution in [0.25, 0.3) is 0 Å². The second kappa shape index (κ2) is 6.81. The first kappa shape index (κ1) is 16.2. The summed E-state index contributed by atoms with van der Waals surface area (Å²) in [6.45, 7) is 4.82. The quantitative estimate of drug-likeness (QED) is 0.809. The summed E-state index contributed by atoms with van der Waals surface area (Å²) < 4.78 is 0. The van der Waals surface area contributed by atoms with Crippen LogP contribution in [0, 0.1) is 6.92 Å². The van der Waals surface area contributed by atoms with Crippen molar-refractivity contribution in [3.63, 3.8) is 0 Å². The van der Waals surface area contributed by atoms with Gasteiger partial charge in [0.25, 0.3) is 5.91 Å². The minimum atomic E-state index is 0.0972. The molecule has 0 unspecified atom stereocenters. The van der Waals surface area contributed by atoms with Crippen LogP contribution in [0.2, 0.25) is 10.0 Å². The SMILES string of the molecule is Cc1ccccc1C(=O)N1CCN(c2cccc(Cl)c2Cl)CC1. The van der Waals surface area contributed by atoms with Crippen molar-refractivity contribution in [1.29, 1.82) is 0 Å². The molecule has 3 nitrogen and oxygen atoms in total. The molecule has 1 fully saturated rings. The summed E-state index contributed by atoms with van der Waals surface area (Å²) in [4.78, 5) is 16.7. The summed E-state index contributed by atoms with van der Waals surface area (Å²) in [5.74, 6) is 0.0972. The van der Waals surface area contributed by atoms with Crippen molar-refractivity contribution in [1.82, 2.24) is 4.90 Å². The Hall–Kier alpha value is -1.71. The number of carbonyl (C=O) groups is 1. The van der Waals surface area contributed by atoms with E-state index in [4.69, 9.17) is 23.2 Å². The van der Waals surface area contributed by atoms with E-state index < -0.39 is 0 Å². The minimum absolute atomic E-state index is 0.0972. The number of piperazine rings is 1. The Morgan fingerprint density at radius 1 is 0.957 bits per heavy atom. The van der Waals surface area contributed by atoms with Crippen molar-refractivity contribution < 1.29 is 4.79 Å². The molecule has 0 bridgehead atoms. The van der Waals surface area contributed by atoms with E-state index >= 15 is 0 Å². The lowest BCUT2D eigenvalue weighted by atomic mass is 10.1. The molecule has 1 aliphatic heterocycles. The number of hydrogen-bond donors (Lipinski definition) is 0. The van der Waals surface area contributed by atoms with Crippen LogP contribution in [-0.2, 0) is 0 Å². The molecule has 0 radical (unpaired) electrons. The van der Waals surface area contributed by atoms with E-state index in [1.54, 1.807) is 6.07 Å². The molecule has 0 aliphatic carbocycles. The Bertz CT molecular complexity index is 725. The van der Waals surface area contributed by atoms with Crippen molar-refractivity contribution in [2.45, 2.75) is 6.92 Å². The van der Waals surface area contributed by atoms with Gasteiger partial charge >= 0.3 is 0 Å². The molecule has 2 aromatic carbocycles. The Kier molecular flexibility index (Phi) is 4.79. The Morgan fingerprint density at radius 3 is 2.35 bits per heavy atom. The van der Waals surface area contributed by atoms with Crippen molar-refractivity contribution in [3.8, 4) is 0 Å². The molecule has 0 atom stereocenters. The van der Waals surface area contributed by atoms with Crippen LogP contribution in [0.1, 0.15) is 15.9 Å². The molecule has 120 valence electrons. The van der Waals surface area contributed by atoms with Gasteiger partial charge in [0.15, 0.2) is 0 Å². The number of amides is 1. The molecule has 0 saturated carbocycles. The number of anilines is 1. The summed E-state index contributed by atoms with van der Waals surface area (Å²) >= 11 is 12.4. The average molecular weight is 349 g/mol.